The molecule has 1 aromatic carbocycles. The van der Waals surface area contributed by atoms with Crippen molar-refractivity contribution in [2.75, 3.05) is 17.7 Å². The van der Waals surface area contributed by atoms with E-state index in [0.29, 0.717) is 40.1 Å². The highest BCUT2D eigenvalue weighted by molar-refractivity contribution is 14.2. The van der Waals surface area contributed by atoms with Gasteiger partial charge < -0.3 is 9.32 Å². The molecule has 2 atom stereocenters. The van der Waals surface area contributed by atoms with Gasteiger partial charge in [-0.15, -0.1) is 0 Å². The van der Waals surface area contributed by atoms with Gasteiger partial charge in [-0.3, -0.25) is 0 Å². The van der Waals surface area contributed by atoms with Gasteiger partial charge in [0.15, 0.2) is 5.16 Å². The molecule has 0 bridgehead atoms. The third-order valence-corrected chi connectivity index (χ3v) is 8.44. The molecule has 1 aliphatic heterocycles. The van der Waals surface area contributed by atoms with Crippen LogP contribution in [0.15, 0.2) is 32.7 Å². The van der Waals surface area contributed by atoms with Crippen LogP contribution in [-0.4, -0.2) is 38.4 Å². The first kappa shape index (κ1) is 21.2. The standard InChI is InChI=1S/C21H21IN5O2PS/c1-10-5-6-14-13(9-23-27(14)30-22)15(10)18-12(3)17-16(20(28)29-18)19(25-21(24-17)31-4)26-8-7-11(26)2/h5-6,9,11,30H,7-8H2,1-4H3. The minimum atomic E-state index is -0.392. The maximum atomic E-state index is 13.3. The number of hydrogen-bond donors (Lipinski definition) is 0. The molecule has 3 aromatic heterocycles. The van der Waals surface area contributed by atoms with Gasteiger partial charge >= 0.3 is 5.63 Å². The molecule has 0 saturated carbocycles. The maximum Gasteiger partial charge on any atom is 0.349 e. The summed E-state index contributed by atoms with van der Waals surface area (Å²) in [6.45, 7) is 7.04. The zero-order valence-electron chi connectivity index (χ0n) is 17.6. The number of anilines is 1. The largest absolute Gasteiger partial charge is 0.422 e. The van der Waals surface area contributed by atoms with Gasteiger partial charge in [0.2, 0.25) is 0 Å². The zero-order chi connectivity index (χ0) is 21.9. The molecule has 0 amide bonds. The van der Waals surface area contributed by atoms with Crippen molar-refractivity contribution in [2.45, 2.75) is 38.4 Å². The van der Waals surface area contributed by atoms with Crippen LogP contribution in [0.5, 0.6) is 0 Å². The molecule has 5 rings (SSSR count). The van der Waals surface area contributed by atoms with Crippen LogP contribution in [-0.2, 0) is 0 Å². The van der Waals surface area contributed by atoms with Crippen molar-refractivity contribution in [3.63, 3.8) is 0 Å². The number of nitrogens with zero attached hydrogens (tertiary/aromatic N) is 5. The summed E-state index contributed by atoms with van der Waals surface area (Å²) < 4.78 is 7.96. The molecule has 10 heteroatoms. The van der Waals surface area contributed by atoms with Gasteiger partial charge in [0.1, 0.15) is 17.0 Å². The SMILES string of the molecule is CSc1nc(N2CCC2C)c2c(=O)oc(-c3c(C)ccc4c3cnn4PI)c(C)c2n1. The predicted octanol–water partition coefficient (Wildman–Crippen LogP) is 5.33. The summed E-state index contributed by atoms with van der Waals surface area (Å²) in [5.74, 6) is 1.25. The number of aromatic nitrogens is 4. The Balaban J connectivity index is 1.84. The molecule has 0 radical (unpaired) electrons. The van der Waals surface area contributed by atoms with Crippen molar-refractivity contribution >= 4 is 67.8 Å². The van der Waals surface area contributed by atoms with E-state index in [0.717, 1.165) is 40.6 Å². The van der Waals surface area contributed by atoms with E-state index >= 15 is 0 Å². The van der Waals surface area contributed by atoms with E-state index in [-0.39, 0.29) is 0 Å². The van der Waals surface area contributed by atoms with Crippen molar-refractivity contribution in [1.29, 1.82) is 0 Å². The van der Waals surface area contributed by atoms with Crippen LogP contribution in [0, 0.1) is 13.8 Å². The van der Waals surface area contributed by atoms with Crippen LogP contribution in [0.4, 0.5) is 5.82 Å². The molecule has 2 unspecified atom stereocenters. The number of aryl methyl sites for hydroxylation is 2. The molecule has 0 aliphatic carbocycles. The lowest BCUT2D eigenvalue weighted by Crippen LogP contribution is -2.46. The van der Waals surface area contributed by atoms with E-state index in [1.807, 2.05) is 30.8 Å². The molecular formula is C21H21IN5O2PS. The summed E-state index contributed by atoms with van der Waals surface area (Å²) in [7, 11) is 0. The van der Waals surface area contributed by atoms with E-state index in [4.69, 9.17) is 9.40 Å². The fourth-order valence-corrected chi connectivity index (χ4v) is 6.07. The van der Waals surface area contributed by atoms with Gasteiger partial charge in [-0.05, 0) is 67.1 Å². The molecule has 4 heterocycles. The Bertz CT molecular complexity index is 1400. The first-order valence-corrected chi connectivity index (χ1v) is 15.2. The third-order valence-electron chi connectivity index (χ3n) is 6.01. The summed E-state index contributed by atoms with van der Waals surface area (Å²) >= 11 is 3.80. The lowest BCUT2D eigenvalue weighted by molar-refractivity contribution is 0.474. The van der Waals surface area contributed by atoms with Gasteiger partial charge in [0.25, 0.3) is 0 Å². The molecule has 31 heavy (non-hydrogen) atoms. The van der Waals surface area contributed by atoms with E-state index in [1.54, 1.807) is 0 Å². The normalized spacial score (nSPS) is 16.7. The second-order valence-corrected chi connectivity index (χ2v) is 10.6. The van der Waals surface area contributed by atoms with Crippen molar-refractivity contribution < 1.29 is 4.42 Å². The molecule has 4 aromatic rings. The zero-order valence-corrected chi connectivity index (χ0v) is 21.5. The number of thioether (sulfide) groups is 1. The van der Waals surface area contributed by atoms with Crippen molar-refractivity contribution in [2.24, 2.45) is 0 Å². The summed E-state index contributed by atoms with van der Waals surface area (Å²) in [4.78, 5) is 24.9. The highest BCUT2D eigenvalue weighted by Gasteiger charge is 2.30. The highest BCUT2D eigenvalue weighted by atomic mass is 127. The Morgan fingerprint density at radius 1 is 1.29 bits per heavy atom. The Morgan fingerprint density at radius 2 is 2.10 bits per heavy atom. The average molecular weight is 565 g/mol. The lowest BCUT2D eigenvalue weighted by atomic mass is 9.98. The first-order chi connectivity index (χ1) is 14.9. The second-order valence-electron chi connectivity index (χ2n) is 7.76. The van der Waals surface area contributed by atoms with E-state index in [2.05, 4.69) is 56.1 Å². The van der Waals surface area contributed by atoms with E-state index < -0.39 is 5.63 Å². The number of fused-ring (bicyclic) bond motifs is 2. The number of rotatable bonds is 4. The molecule has 1 aliphatic rings. The van der Waals surface area contributed by atoms with Crippen LogP contribution in [0.3, 0.4) is 0 Å². The molecule has 1 fully saturated rings. The van der Waals surface area contributed by atoms with Crippen molar-refractivity contribution in [1.82, 2.24) is 19.5 Å². The fourth-order valence-electron chi connectivity index (χ4n) is 4.16. The molecule has 0 N–H and O–H groups in total. The van der Waals surface area contributed by atoms with Crippen molar-refractivity contribution in [3.05, 3.63) is 39.9 Å². The first-order valence-electron chi connectivity index (χ1n) is 9.95. The van der Waals surface area contributed by atoms with Crippen LogP contribution in [0.1, 0.15) is 24.5 Å². The molecule has 0 spiro atoms. The summed E-state index contributed by atoms with van der Waals surface area (Å²) in [5, 5.41) is 6.62. The van der Waals surface area contributed by atoms with E-state index in [9.17, 15) is 4.79 Å². The third kappa shape index (κ3) is 3.27. The Morgan fingerprint density at radius 3 is 2.74 bits per heavy atom. The van der Waals surface area contributed by atoms with Crippen LogP contribution >= 0.6 is 40.2 Å². The van der Waals surface area contributed by atoms with Gasteiger partial charge in [-0.25, -0.2) is 19.2 Å². The number of hydrogen-bond acceptors (Lipinski definition) is 7. The summed E-state index contributed by atoms with van der Waals surface area (Å²) in [6, 6.07) is 4.47. The van der Waals surface area contributed by atoms with Gasteiger partial charge in [-0.2, -0.15) is 5.10 Å². The monoisotopic (exact) mass is 565 g/mol. The smallest absolute Gasteiger partial charge is 0.349 e. The second kappa shape index (κ2) is 8.01. The Kier molecular flexibility index (Phi) is 5.46. The van der Waals surface area contributed by atoms with Gasteiger partial charge in [0.05, 0.1) is 23.6 Å². The Hall–Kier alpha value is -1.71. The highest BCUT2D eigenvalue weighted by Crippen LogP contribution is 2.39. The molecule has 160 valence electrons. The van der Waals surface area contributed by atoms with Crippen LogP contribution in [0.2, 0.25) is 0 Å². The fraction of sp³-hybridized carbons (Fsp3) is 0.333. The van der Waals surface area contributed by atoms with Crippen LogP contribution < -0.4 is 10.5 Å². The average Bonchev–Trinajstić information content (AvgIpc) is 3.18. The van der Waals surface area contributed by atoms with Crippen molar-refractivity contribution in [3.8, 4) is 11.3 Å². The van der Waals surface area contributed by atoms with Crippen LogP contribution in [0.25, 0.3) is 33.1 Å². The molecule has 1 saturated heterocycles. The summed E-state index contributed by atoms with van der Waals surface area (Å²) in [5.41, 5.74) is 4.08. The Labute approximate surface area is 198 Å². The molecule has 7 nitrogen and oxygen atoms in total. The quantitative estimate of drug-likeness (QED) is 0.143. The van der Waals surface area contributed by atoms with Gasteiger partial charge in [0, 0.05) is 29.1 Å². The van der Waals surface area contributed by atoms with E-state index in [1.165, 1.54) is 11.8 Å². The minimum Gasteiger partial charge on any atom is -0.422 e. The van der Waals surface area contributed by atoms with Gasteiger partial charge in [-0.1, -0.05) is 17.8 Å². The predicted molar refractivity (Wildman–Crippen MR) is 137 cm³/mol. The molecular weight excluding hydrogens is 544 g/mol. The maximum absolute atomic E-state index is 13.3. The minimum absolute atomic E-state index is 0.350. The topological polar surface area (TPSA) is 77.0 Å². The number of benzene rings is 1. The lowest BCUT2D eigenvalue weighted by Gasteiger charge is -2.40. The summed E-state index contributed by atoms with van der Waals surface area (Å²) in [6.07, 6.45) is 5.39. The number of halogens is 1.